The lowest BCUT2D eigenvalue weighted by Crippen LogP contribution is -2.11. The summed E-state index contributed by atoms with van der Waals surface area (Å²) in [5.74, 6) is -1.50. The second kappa shape index (κ2) is 30.2. The Labute approximate surface area is 236 Å². The van der Waals surface area contributed by atoms with E-state index >= 15 is 0 Å². The van der Waals surface area contributed by atoms with Crippen molar-refractivity contribution in [1.29, 1.82) is 0 Å². The third-order valence-corrected chi connectivity index (χ3v) is 7.59. The Kier molecular flexibility index (Phi) is 29.2. The van der Waals surface area contributed by atoms with E-state index in [9.17, 15) is 9.59 Å². The number of carbonyl (C=O) groups excluding carboxylic acids is 1. The van der Waals surface area contributed by atoms with Gasteiger partial charge in [0.05, 0.1) is 6.61 Å². The van der Waals surface area contributed by atoms with Gasteiger partial charge in [-0.3, -0.25) is 0 Å². The SMILES string of the molecule is CCCCCCCCCCCCCCCCCCC(=CC(=O)O)C(=O)OCCCCCCCCCCCC. The molecule has 0 spiro atoms. The molecule has 0 fully saturated rings. The standard InChI is InChI=1S/C34H64O4/c1-3-5-7-9-11-13-15-16-17-18-19-20-21-23-25-27-29-32(31-33(35)36)34(37)38-30-28-26-24-22-14-12-10-8-6-4-2/h31H,3-30H2,1-2H3,(H,35,36). The Balaban J connectivity index is 3.67. The Hall–Kier alpha value is -1.32. The van der Waals surface area contributed by atoms with E-state index in [4.69, 9.17) is 9.84 Å². The van der Waals surface area contributed by atoms with Crippen LogP contribution < -0.4 is 0 Å². The molecular formula is C34H64O4. The molecule has 0 radical (unpaired) electrons. The molecule has 0 aliphatic rings. The molecule has 0 atom stereocenters. The number of rotatable bonds is 30. The molecule has 0 aliphatic carbocycles. The molecule has 0 aromatic heterocycles. The molecule has 4 heteroatoms. The summed E-state index contributed by atoms with van der Waals surface area (Å²) >= 11 is 0. The highest BCUT2D eigenvalue weighted by Gasteiger charge is 2.12. The lowest BCUT2D eigenvalue weighted by atomic mass is 10.0. The summed E-state index contributed by atoms with van der Waals surface area (Å²) in [4.78, 5) is 23.5. The van der Waals surface area contributed by atoms with E-state index in [1.807, 2.05) is 0 Å². The Bertz CT molecular complexity index is 555. The number of unbranched alkanes of at least 4 members (excludes halogenated alkanes) is 24. The van der Waals surface area contributed by atoms with Crippen molar-refractivity contribution >= 4 is 11.9 Å². The number of hydrogen-bond acceptors (Lipinski definition) is 3. The molecule has 0 bridgehead atoms. The van der Waals surface area contributed by atoms with Gasteiger partial charge in [-0.2, -0.15) is 0 Å². The van der Waals surface area contributed by atoms with Crippen LogP contribution in [0.5, 0.6) is 0 Å². The minimum Gasteiger partial charge on any atom is -0.478 e. The molecule has 0 heterocycles. The van der Waals surface area contributed by atoms with Gasteiger partial charge in [-0.1, -0.05) is 168 Å². The second-order valence-electron chi connectivity index (χ2n) is 11.4. The molecule has 0 aromatic carbocycles. The number of carboxylic acid groups (broad SMARTS) is 1. The van der Waals surface area contributed by atoms with Crippen LogP contribution in [0.3, 0.4) is 0 Å². The predicted octanol–water partition coefficient (Wildman–Crippen LogP) is 11.1. The van der Waals surface area contributed by atoms with Gasteiger partial charge in [-0.25, -0.2) is 9.59 Å². The largest absolute Gasteiger partial charge is 0.478 e. The van der Waals surface area contributed by atoms with Crippen LogP contribution in [0.4, 0.5) is 0 Å². The van der Waals surface area contributed by atoms with E-state index < -0.39 is 11.9 Å². The minimum atomic E-state index is -1.06. The maximum atomic E-state index is 12.4. The first-order valence-electron chi connectivity index (χ1n) is 16.7. The van der Waals surface area contributed by atoms with Gasteiger partial charge in [0, 0.05) is 11.6 Å². The maximum absolute atomic E-state index is 12.4. The quantitative estimate of drug-likeness (QED) is 0.0563. The van der Waals surface area contributed by atoms with Crippen LogP contribution in [-0.2, 0) is 14.3 Å². The average Bonchev–Trinajstić information content (AvgIpc) is 2.90. The normalized spacial score (nSPS) is 11.7. The van der Waals surface area contributed by atoms with Crippen molar-refractivity contribution in [2.45, 2.75) is 187 Å². The van der Waals surface area contributed by atoms with Crippen LogP contribution >= 0.6 is 0 Å². The van der Waals surface area contributed by atoms with Crippen molar-refractivity contribution in [1.82, 2.24) is 0 Å². The fourth-order valence-corrected chi connectivity index (χ4v) is 5.09. The Morgan fingerprint density at radius 2 is 0.816 bits per heavy atom. The number of ether oxygens (including phenoxy) is 1. The zero-order valence-corrected chi connectivity index (χ0v) is 25.5. The molecular weight excluding hydrogens is 472 g/mol. The fourth-order valence-electron chi connectivity index (χ4n) is 5.09. The molecule has 224 valence electrons. The third-order valence-electron chi connectivity index (χ3n) is 7.59. The second-order valence-corrected chi connectivity index (χ2v) is 11.4. The van der Waals surface area contributed by atoms with Crippen molar-refractivity contribution in [2.24, 2.45) is 0 Å². The fraction of sp³-hybridized carbons (Fsp3) is 0.882. The summed E-state index contributed by atoms with van der Waals surface area (Å²) in [6.45, 7) is 4.91. The van der Waals surface area contributed by atoms with Crippen LogP contribution in [0.1, 0.15) is 187 Å². The summed E-state index contributed by atoms with van der Waals surface area (Å²) < 4.78 is 5.39. The molecule has 0 saturated heterocycles. The smallest absolute Gasteiger partial charge is 0.334 e. The molecule has 0 amide bonds. The lowest BCUT2D eigenvalue weighted by molar-refractivity contribution is -0.140. The number of aliphatic carboxylic acids is 1. The van der Waals surface area contributed by atoms with Crippen molar-refractivity contribution in [3.63, 3.8) is 0 Å². The summed E-state index contributed by atoms with van der Waals surface area (Å²) in [5, 5.41) is 9.14. The monoisotopic (exact) mass is 536 g/mol. The van der Waals surface area contributed by atoms with Crippen LogP contribution in [-0.4, -0.2) is 23.7 Å². The number of esters is 1. The zero-order valence-electron chi connectivity index (χ0n) is 25.5. The van der Waals surface area contributed by atoms with Gasteiger partial charge in [0.15, 0.2) is 0 Å². The Morgan fingerprint density at radius 1 is 0.500 bits per heavy atom. The van der Waals surface area contributed by atoms with Crippen LogP contribution in [0.2, 0.25) is 0 Å². The van der Waals surface area contributed by atoms with E-state index in [-0.39, 0.29) is 0 Å². The van der Waals surface area contributed by atoms with Crippen LogP contribution in [0.15, 0.2) is 11.6 Å². The molecule has 0 aliphatic heterocycles. The molecule has 0 aromatic rings. The highest BCUT2D eigenvalue weighted by molar-refractivity contribution is 5.95. The van der Waals surface area contributed by atoms with Crippen molar-refractivity contribution < 1.29 is 19.4 Å². The summed E-state index contributed by atoms with van der Waals surface area (Å²) in [6, 6.07) is 0. The van der Waals surface area contributed by atoms with Gasteiger partial charge in [0.25, 0.3) is 0 Å². The van der Waals surface area contributed by atoms with E-state index in [0.717, 1.165) is 38.2 Å². The van der Waals surface area contributed by atoms with Crippen LogP contribution in [0.25, 0.3) is 0 Å². The van der Waals surface area contributed by atoms with E-state index in [1.165, 1.54) is 135 Å². The first kappa shape index (κ1) is 36.7. The third kappa shape index (κ3) is 27.7. The number of carboxylic acids is 1. The topological polar surface area (TPSA) is 63.6 Å². The van der Waals surface area contributed by atoms with Gasteiger partial charge >= 0.3 is 11.9 Å². The maximum Gasteiger partial charge on any atom is 0.334 e. The first-order valence-corrected chi connectivity index (χ1v) is 16.7. The average molecular weight is 537 g/mol. The minimum absolute atomic E-state index is 0.315. The number of carbonyl (C=O) groups is 2. The highest BCUT2D eigenvalue weighted by atomic mass is 16.5. The van der Waals surface area contributed by atoms with E-state index in [1.54, 1.807) is 0 Å². The zero-order chi connectivity index (χ0) is 27.9. The van der Waals surface area contributed by atoms with Gasteiger partial charge in [0.2, 0.25) is 0 Å². The van der Waals surface area contributed by atoms with Gasteiger partial charge in [0.1, 0.15) is 0 Å². The molecule has 0 unspecified atom stereocenters. The molecule has 38 heavy (non-hydrogen) atoms. The van der Waals surface area contributed by atoms with Crippen molar-refractivity contribution in [3.05, 3.63) is 11.6 Å². The van der Waals surface area contributed by atoms with Gasteiger partial charge in [-0.15, -0.1) is 0 Å². The molecule has 1 N–H and O–H groups in total. The van der Waals surface area contributed by atoms with Crippen molar-refractivity contribution in [2.75, 3.05) is 6.61 Å². The summed E-state index contributed by atoms with van der Waals surface area (Å²) in [5.41, 5.74) is 0.315. The van der Waals surface area contributed by atoms with Gasteiger partial charge < -0.3 is 9.84 Å². The predicted molar refractivity (Wildman–Crippen MR) is 163 cm³/mol. The first-order chi connectivity index (χ1) is 18.6. The molecule has 0 rings (SSSR count). The number of hydrogen-bond donors (Lipinski definition) is 1. The van der Waals surface area contributed by atoms with E-state index in [2.05, 4.69) is 13.8 Å². The Morgan fingerprint density at radius 3 is 1.16 bits per heavy atom. The van der Waals surface area contributed by atoms with Crippen LogP contribution in [0, 0.1) is 0 Å². The van der Waals surface area contributed by atoms with Crippen molar-refractivity contribution in [3.8, 4) is 0 Å². The highest BCUT2D eigenvalue weighted by Crippen LogP contribution is 2.16. The van der Waals surface area contributed by atoms with E-state index in [0.29, 0.717) is 18.6 Å². The summed E-state index contributed by atoms with van der Waals surface area (Å²) in [6.07, 6.45) is 34.7. The molecule has 0 saturated carbocycles. The van der Waals surface area contributed by atoms with Gasteiger partial charge in [-0.05, 0) is 19.3 Å². The molecule has 4 nitrogen and oxygen atoms in total. The summed E-state index contributed by atoms with van der Waals surface area (Å²) in [7, 11) is 0. The lowest BCUT2D eigenvalue weighted by Gasteiger charge is -2.08.